The van der Waals surface area contributed by atoms with Crippen molar-refractivity contribution in [1.82, 2.24) is 10.2 Å². The molecule has 4 nitrogen and oxygen atoms in total. The third-order valence-electron chi connectivity index (χ3n) is 4.81. The van der Waals surface area contributed by atoms with Gasteiger partial charge in [-0.15, -0.1) is 0 Å². The standard InChI is InChI=1S/C15H30N2O2S/c1-3-11-17(12-13-7-4-5-10-16-13)14-8-6-9-15(14)20(2,18)19/h13-16H,3-12H2,1-2H3. The number of nitrogens with zero attached hydrogens (tertiary/aromatic N) is 1. The monoisotopic (exact) mass is 302 g/mol. The molecular weight excluding hydrogens is 272 g/mol. The predicted octanol–water partition coefficient (Wildman–Crippen LogP) is 1.81. The largest absolute Gasteiger partial charge is 0.313 e. The number of sulfone groups is 1. The maximum Gasteiger partial charge on any atom is 0.151 e. The second-order valence-electron chi connectivity index (χ2n) is 6.51. The highest BCUT2D eigenvalue weighted by atomic mass is 32.2. The van der Waals surface area contributed by atoms with E-state index in [4.69, 9.17) is 0 Å². The van der Waals surface area contributed by atoms with E-state index in [1.165, 1.54) is 25.5 Å². The zero-order chi connectivity index (χ0) is 14.6. The van der Waals surface area contributed by atoms with Crippen molar-refractivity contribution in [3.63, 3.8) is 0 Å². The quantitative estimate of drug-likeness (QED) is 0.813. The number of hydrogen-bond acceptors (Lipinski definition) is 4. The zero-order valence-corrected chi connectivity index (χ0v) is 13.8. The van der Waals surface area contributed by atoms with Gasteiger partial charge in [0.05, 0.1) is 5.25 Å². The Bertz CT molecular complexity index is 391. The highest BCUT2D eigenvalue weighted by molar-refractivity contribution is 7.91. The van der Waals surface area contributed by atoms with Crippen LogP contribution in [0.25, 0.3) is 0 Å². The molecule has 0 spiro atoms. The van der Waals surface area contributed by atoms with Crippen LogP contribution >= 0.6 is 0 Å². The molecule has 1 saturated heterocycles. The van der Waals surface area contributed by atoms with E-state index in [-0.39, 0.29) is 11.3 Å². The lowest BCUT2D eigenvalue weighted by Gasteiger charge is -2.36. The van der Waals surface area contributed by atoms with E-state index in [1.54, 1.807) is 0 Å². The van der Waals surface area contributed by atoms with Crippen molar-refractivity contribution in [3.8, 4) is 0 Å². The highest BCUT2D eigenvalue weighted by Gasteiger charge is 2.38. The fourth-order valence-electron chi connectivity index (χ4n) is 3.87. The Balaban J connectivity index is 2.02. The van der Waals surface area contributed by atoms with Crippen molar-refractivity contribution in [2.75, 3.05) is 25.9 Å². The Morgan fingerprint density at radius 3 is 2.55 bits per heavy atom. The molecule has 5 heteroatoms. The molecule has 0 amide bonds. The number of nitrogens with one attached hydrogen (secondary N) is 1. The summed E-state index contributed by atoms with van der Waals surface area (Å²) in [4.78, 5) is 2.46. The van der Waals surface area contributed by atoms with E-state index in [0.717, 1.165) is 45.3 Å². The summed E-state index contributed by atoms with van der Waals surface area (Å²) in [5, 5.41) is 3.45. The first-order valence-corrected chi connectivity index (χ1v) is 10.1. The van der Waals surface area contributed by atoms with Crippen LogP contribution in [-0.2, 0) is 9.84 Å². The molecule has 118 valence electrons. The predicted molar refractivity (Wildman–Crippen MR) is 83.8 cm³/mol. The van der Waals surface area contributed by atoms with Crippen molar-refractivity contribution in [2.24, 2.45) is 0 Å². The minimum Gasteiger partial charge on any atom is -0.313 e. The molecule has 1 saturated carbocycles. The van der Waals surface area contributed by atoms with Crippen molar-refractivity contribution in [2.45, 2.75) is 69.2 Å². The summed E-state index contributed by atoms with van der Waals surface area (Å²) in [6, 6.07) is 0.796. The van der Waals surface area contributed by atoms with Crippen LogP contribution in [0.1, 0.15) is 51.9 Å². The van der Waals surface area contributed by atoms with E-state index in [1.807, 2.05) is 0 Å². The Kier molecular flexibility index (Phi) is 5.87. The van der Waals surface area contributed by atoms with Gasteiger partial charge in [0.1, 0.15) is 0 Å². The van der Waals surface area contributed by atoms with Crippen LogP contribution in [0.15, 0.2) is 0 Å². The third-order valence-corrected chi connectivity index (χ3v) is 6.46. The summed E-state index contributed by atoms with van der Waals surface area (Å²) in [5.74, 6) is 0. The first kappa shape index (κ1) is 16.2. The molecule has 3 unspecified atom stereocenters. The van der Waals surface area contributed by atoms with Crippen LogP contribution in [0.5, 0.6) is 0 Å². The molecular formula is C15H30N2O2S. The van der Waals surface area contributed by atoms with Crippen molar-refractivity contribution in [1.29, 1.82) is 0 Å². The van der Waals surface area contributed by atoms with Crippen LogP contribution in [0.3, 0.4) is 0 Å². The van der Waals surface area contributed by atoms with Gasteiger partial charge in [-0.05, 0) is 45.2 Å². The van der Waals surface area contributed by atoms with E-state index in [0.29, 0.717) is 6.04 Å². The molecule has 1 N–H and O–H groups in total. The van der Waals surface area contributed by atoms with Crippen LogP contribution in [0.2, 0.25) is 0 Å². The third kappa shape index (κ3) is 4.18. The van der Waals surface area contributed by atoms with Gasteiger partial charge in [-0.1, -0.05) is 19.8 Å². The first-order valence-electron chi connectivity index (χ1n) is 8.18. The van der Waals surface area contributed by atoms with Crippen LogP contribution in [0, 0.1) is 0 Å². The van der Waals surface area contributed by atoms with Gasteiger partial charge in [-0.3, -0.25) is 4.90 Å². The van der Waals surface area contributed by atoms with Gasteiger partial charge >= 0.3 is 0 Å². The average molecular weight is 302 g/mol. The fourth-order valence-corrected chi connectivity index (χ4v) is 5.34. The lowest BCUT2D eigenvalue weighted by atomic mass is 10.0. The second kappa shape index (κ2) is 7.23. The maximum absolute atomic E-state index is 12.0. The zero-order valence-electron chi connectivity index (χ0n) is 13.0. The van der Waals surface area contributed by atoms with E-state index in [2.05, 4.69) is 17.1 Å². The molecule has 0 aromatic carbocycles. The molecule has 0 aromatic rings. The topological polar surface area (TPSA) is 49.4 Å². The van der Waals surface area contributed by atoms with Gasteiger partial charge in [-0.2, -0.15) is 0 Å². The molecule has 2 fully saturated rings. The average Bonchev–Trinajstić information content (AvgIpc) is 2.88. The lowest BCUT2D eigenvalue weighted by molar-refractivity contribution is 0.168. The summed E-state index contributed by atoms with van der Waals surface area (Å²) < 4.78 is 24.0. The van der Waals surface area contributed by atoms with Crippen LogP contribution in [-0.4, -0.2) is 56.5 Å². The van der Waals surface area contributed by atoms with Gasteiger partial charge in [0.25, 0.3) is 0 Å². The van der Waals surface area contributed by atoms with E-state index in [9.17, 15) is 8.42 Å². The van der Waals surface area contributed by atoms with E-state index < -0.39 is 9.84 Å². The summed E-state index contributed by atoms with van der Waals surface area (Å²) in [6.45, 7) is 5.34. The Morgan fingerprint density at radius 1 is 1.15 bits per heavy atom. The normalized spacial score (nSPS) is 31.9. The van der Waals surface area contributed by atoms with Gasteiger partial charge in [0, 0.05) is 24.9 Å². The molecule has 20 heavy (non-hydrogen) atoms. The lowest BCUT2D eigenvalue weighted by Crippen LogP contribution is -2.50. The Labute approximate surface area is 124 Å². The molecule has 1 aliphatic carbocycles. The number of piperidine rings is 1. The van der Waals surface area contributed by atoms with Gasteiger partial charge in [-0.25, -0.2) is 8.42 Å². The molecule has 0 radical (unpaired) electrons. The minimum absolute atomic E-state index is 0.141. The minimum atomic E-state index is -2.92. The smallest absolute Gasteiger partial charge is 0.151 e. The fraction of sp³-hybridized carbons (Fsp3) is 1.00. The Hall–Kier alpha value is -0.130. The number of hydrogen-bond donors (Lipinski definition) is 1. The van der Waals surface area contributed by atoms with Crippen LogP contribution < -0.4 is 5.32 Å². The highest BCUT2D eigenvalue weighted by Crippen LogP contribution is 2.30. The summed E-state index contributed by atoms with van der Waals surface area (Å²) in [7, 11) is -2.92. The van der Waals surface area contributed by atoms with Crippen molar-refractivity contribution in [3.05, 3.63) is 0 Å². The van der Waals surface area contributed by atoms with Crippen molar-refractivity contribution < 1.29 is 8.42 Å². The summed E-state index contributed by atoms with van der Waals surface area (Å²) >= 11 is 0. The number of rotatable bonds is 6. The maximum atomic E-state index is 12.0. The van der Waals surface area contributed by atoms with Gasteiger partial charge in [0.15, 0.2) is 9.84 Å². The molecule has 0 bridgehead atoms. The molecule has 2 rings (SSSR count). The van der Waals surface area contributed by atoms with Gasteiger partial charge in [0.2, 0.25) is 0 Å². The van der Waals surface area contributed by atoms with Gasteiger partial charge < -0.3 is 5.32 Å². The summed E-state index contributed by atoms with van der Waals surface area (Å²) in [6.07, 6.45) is 9.28. The van der Waals surface area contributed by atoms with E-state index >= 15 is 0 Å². The molecule has 3 atom stereocenters. The molecule has 1 aliphatic heterocycles. The first-order chi connectivity index (χ1) is 9.52. The molecule has 1 heterocycles. The van der Waals surface area contributed by atoms with Crippen LogP contribution in [0.4, 0.5) is 0 Å². The molecule has 2 aliphatic rings. The van der Waals surface area contributed by atoms with Crippen molar-refractivity contribution >= 4 is 9.84 Å². The SMILES string of the molecule is CCCN(CC1CCCCN1)C1CCCC1S(C)(=O)=O. The summed E-state index contributed by atoms with van der Waals surface area (Å²) in [5.41, 5.74) is 0. The second-order valence-corrected chi connectivity index (χ2v) is 8.77. The molecule has 0 aromatic heterocycles. The Morgan fingerprint density at radius 2 is 1.95 bits per heavy atom.